The predicted molar refractivity (Wildman–Crippen MR) is 62.7 cm³/mol. The van der Waals surface area contributed by atoms with E-state index in [1.54, 1.807) is 19.1 Å². The summed E-state index contributed by atoms with van der Waals surface area (Å²) in [5.74, 6) is -0.423. The van der Waals surface area contributed by atoms with Gasteiger partial charge in [-0.15, -0.1) is 0 Å². The van der Waals surface area contributed by atoms with Crippen LogP contribution in [0.4, 0.5) is 0 Å². The maximum Gasteiger partial charge on any atom is 0.338 e. The van der Waals surface area contributed by atoms with Gasteiger partial charge in [-0.1, -0.05) is 0 Å². The van der Waals surface area contributed by atoms with Crippen LogP contribution in [-0.2, 0) is 11.3 Å². The fraction of sp³-hybridized carbons (Fsp3) is 0.273. The Morgan fingerprint density at radius 1 is 1.62 bits per heavy atom. The SMILES string of the molecule is CCOC(=O)c1ccc(C#N)c(Br)c1CN. The number of nitriles is 1. The van der Waals surface area contributed by atoms with Crippen molar-refractivity contribution >= 4 is 21.9 Å². The van der Waals surface area contributed by atoms with Crippen LogP contribution in [0.25, 0.3) is 0 Å². The fourth-order valence-corrected chi connectivity index (χ4v) is 1.90. The van der Waals surface area contributed by atoms with Gasteiger partial charge in [-0.2, -0.15) is 5.26 Å². The van der Waals surface area contributed by atoms with Crippen LogP contribution in [0.15, 0.2) is 16.6 Å². The molecule has 0 fully saturated rings. The Morgan fingerprint density at radius 2 is 2.31 bits per heavy atom. The summed E-state index contributed by atoms with van der Waals surface area (Å²) >= 11 is 3.26. The number of nitrogens with zero attached hydrogens (tertiary/aromatic N) is 1. The monoisotopic (exact) mass is 282 g/mol. The first-order chi connectivity index (χ1) is 7.65. The number of carbonyl (C=O) groups is 1. The second kappa shape index (κ2) is 5.64. The summed E-state index contributed by atoms with van der Waals surface area (Å²) in [6.07, 6.45) is 0. The van der Waals surface area contributed by atoms with Gasteiger partial charge in [0, 0.05) is 11.0 Å². The summed E-state index contributed by atoms with van der Waals surface area (Å²) in [5, 5.41) is 8.83. The van der Waals surface area contributed by atoms with E-state index in [2.05, 4.69) is 15.9 Å². The van der Waals surface area contributed by atoms with Gasteiger partial charge < -0.3 is 10.5 Å². The zero-order valence-electron chi connectivity index (χ0n) is 8.79. The zero-order chi connectivity index (χ0) is 12.1. The molecule has 1 rings (SSSR count). The first-order valence-electron chi connectivity index (χ1n) is 4.74. The molecule has 0 aromatic heterocycles. The minimum atomic E-state index is -0.423. The van der Waals surface area contributed by atoms with Gasteiger partial charge in [0.25, 0.3) is 0 Å². The van der Waals surface area contributed by atoms with Gasteiger partial charge in [-0.25, -0.2) is 4.79 Å². The molecule has 0 amide bonds. The van der Waals surface area contributed by atoms with Crippen LogP contribution < -0.4 is 5.73 Å². The molecule has 0 atom stereocenters. The average Bonchev–Trinajstić information content (AvgIpc) is 2.28. The molecule has 1 aromatic rings. The molecule has 0 aliphatic heterocycles. The van der Waals surface area contributed by atoms with Crippen LogP contribution in [-0.4, -0.2) is 12.6 Å². The highest BCUT2D eigenvalue weighted by atomic mass is 79.9. The van der Waals surface area contributed by atoms with Crippen molar-refractivity contribution in [2.75, 3.05) is 6.61 Å². The number of esters is 1. The number of rotatable bonds is 3. The summed E-state index contributed by atoms with van der Waals surface area (Å²) in [6.45, 7) is 2.21. The second-order valence-corrected chi connectivity index (χ2v) is 3.78. The fourth-order valence-electron chi connectivity index (χ4n) is 1.31. The van der Waals surface area contributed by atoms with Crippen LogP contribution in [0.2, 0.25) is 0 Å². The Morgan fingerprint density at radius 3 is 2.81 bits per heavy atom. The molecule has 0 saturated heterocycles. The van der Waals surface area contributed by atoms with E-state index >= 15 is 0 Å². The summed E-state index contributed by atoms with van der Waals surface area (Å²) < 4.78 is 5.46. The highest BCUT2D eigenvalue weighted by molar-refractivity contribution is 9.10. The van der Waals surface area contributed by atoms with Gasteiger partial charge in [0.1, 0.15) is 6.07 Å². The minimum absolute atomic E-state index is 0.171. The van der Waals surface area contributed by atoms with E-state index in [0.717, 1.165) is 0 Å². The Balaban J connectivity index is 3.27. The molecule has 0 radical (unpaired) electrons. The molecule has 0 heterocycles. The van der Waals surface area contributed by atoms with E-state index in [1.807, 2.05) is 6.07 Å². The molecule has 0 saturated carbocycles. The smallest absolute Gasteiger partial charge is 0.338 e. The maximum atomic E-state index is 11.6. The number of hydrogen-bond acceptors (Lipinski definition) is 4. The summed E-state index contributed by atoms with van der Waals surface area (Å²) in [7, 11) is 0. The van der Waals surface area contributed by atoms with E-state index in [9.17, 15) is 4.79 Å². The third-order valence-corrected chi connectivity index (χ3v) is 2.97. The Bertz CT molecular complexity index is 452. The number of ether oxygens (including phenoxy) is 1. The predicted octanol–water partition coefficient (Wildman–Crippen LogP) is 1.96. The van der Waals surface area contributed by atoms with Crippen LogP contribution in [0.3, 0.4) is 0 Å². The molecule has 0 unspecified atom stereocenters. The molecule has 1 aromatic carbocycles. The largest absolute Gasteiger partial charge is 0.462 e. The van der Waals surface area contributed by atoms with E-state index in [0.29, 0.717) is 27.8 Å². The second-order valence-electron chi connectivity index (χ2n) is 2.99. The summed E-state index contributed by atoms with van der Waals surface area (Å²) in [5.41, 5.74) is 7.01. The lowest BCUT2D eigenvalue weighted by atomic mass is 10.0. The Hall–Kier alpha value is -1.38. The van der Waals surface area contributed by atoms with Gasteiger partial charge in [0.2, 0.25) is 0 Å². The average molecular weight is 283 g/mol. The quantitative estimate of drug-likeness (QED) is 0.860. The number of nitrogens with two attached hydrogens (primary N) is 1. The van der Waals surface area contributed by atoms with Crippen LogP contribution in [0, 0.1) is 11.3 Å². The third-order valence-electron chi connectivity index (χ3n) is 2.06. The number of halogens is 1. The first-order valence-corrected chi connectivity index (χ1v) is 5.53. The molecule has 16 heavy (non-hydrogen) atoms. The van der Waals surface area contributed by atoms with Crippen LogP contribution in [0.5, 0.6) is 0 Å². The molecule has 0 bridgehead atoms. The number of carbonyl (C=O) groups excluding carboxylic acids is 1. The lowest BCUT2D eigenvalue weighted by Gasteiger charge is -2.09. The molecule has 0 aliphatic carbocycles. The number of hydrogen-bond donors (Lipinski definition) is 1. The van der Waals surface area contributed by atoms with E-state index < -0.39 is 5.97 Å². The van der Waals surface area contributed by atoms with E-state index in [4.69, 9.17) is 15.7 Å². The summed E-state index contributed by atoms with van der Waals surface area (Å²) in [4.78, 5) is 11.6. The van der Waals surface area contributed by atoms with Crippen molar-refractivity contribution in [1.82, 2.24) is 0 Å². The van der Waals surface area contributed by atoms with Crippen molar-refractivity contribution in [1.29, 1.82) is 5.26 Å². The van der Waals surface area contributed by atoms with Crippen molar-refractivity contribution in [3.8, 4) is 6.07 Å². The molecule has 0 aliphatic rings. The lowest BCUT2D eigenvalue weighted by Crippen LogP contribution is -2.12. The van der Waals surface area contributed by atoms with Crippen molar-refractivity contribution in [2.24, 2.45) is 5.73 Å². The summed E-state index contributed by atoms with van der Waals surface area (Å²) in [6, 6.07) is 5.14. The topological polar surface area (TPSA) is 76.1 Å². The van der Waals surface area contributed by atoms with Crippen LogP contribution >= 0.6 is 15.9 Å². The Kier molecular flexibility index (Phi) is 4.47. The normalized spacial score (nSPS) is 9.62. The standard InChI is InChI=1S/C11H11BrN2O2/c1-2-16-11(15)8-4-3-7(5-13)10(12)9(8)6-14/h3-4H,2,6,14H2,1H3. The van der Waals surface area contributed by atoms with E-state index in [1.165, 1.54) is 0 Å². The van der Waals surface area contributed by atoms with Crippen molar-refractivity contribution in [3.63, 3.8) is 0 Å². The minimum Gasteiger partial charge on any atom is -0.462 e. The van der Waals surface area contributed by atoms with Gasteiger partial charge in [0.15, 0.2) is 0 Å². The Labute approximate surface area is 102 Å². The zero-order valence-corrected chi connectivity index (χ0v) is 10.4. The maximum absolute atomic E-state index is 11.6. The highest BCUT2D eigenvalue weighted by Crippen LogP contribution is 2.25. The molecule has 2 N–H and O–H groups in total. The lowest BCUT2D eigenvalue weighted by molar-refractivity contribution is 0.0525. The molecule has 0 spiro atoms. The van der Waals surface area contributed by atoms with Crippen molar-refractivity contribution < 1.29 is 9.53 Å². The molecular formula is C11H11BrN2O2. The number of benzene rings is 1. The molecule has 5 heteroatoms. The molecular weight excluding hydrogens is 272 g/mol. The first kappa shape index (κ1) is 12.7. The van der Waals surface area contributed by atoms with Gasteiger partial charge in [-0.3, -0.25) is 0 Å². The van der Waals surface area contributed by atoms with Gasteiger partial charge >= 0.3 is 5.97 Å². The van der Waals surface area contributed by atoms with Crippen LogP contribution in [0.1, 0.15) is 28.4 Å². The van der Waals surface area contributed by atoms with Crippen molar-refractivity contribution in [2.45, 2.75) is 13.5 Å². The van der Waals surface area contributed by atoms with Gasteiger partial charge in [0.05, 0.1) is 17.7 Å². The molecule has 4 nitrogen and oxygen atoms in total. The van der Waals surface area contributed by atoms with Crippen molar-refractivity contribution in [3.05, 3.63) is 33.3 Å². The van der Waals surface area contributed by atoms with Gasteiger partial charge in [-0.05, 0) is 40.5 Å². The highest BCUT2D eigenvalue weighted by Gasteiger charge is 2.16. The third kappa shape index (κ3) is 2.40. The van der Waals surface area contributed by atoms with E-state index in [-0.39, 0.29) is 6.54 Å². The molecule has 84 valence electrons.